The van der Waals surface area contributed by atoms with E-state index in [1.807, 2.05) is 43.0 Å². The summed E-state index contributed by atoms with van der Waals surface area (Å²) in [6.07, 6.45) is 5.10. The topological polar surface area (TPSA) is 109 Å². The van der Waals surface area contributed by atoms with Gasteiger partial charge in [0.05, 0.1) is 0 Å². The van der Waals surface area contributed by atoms with Crippen molar-refractivity contribution in [3.63, 3.8) is 0 Å². The van der Waals surface area contributed by atoms with Crippen LogP contribution in [0.15, 0.2) is 34.3 Å². The van der Waals surface area contributed by atoms with Gasteiger partial charge in [-0.25, -0.2) is 4.99 Å². The number of amides is 1. The van der Waals surface area contributed by atoms with Gasteiger partial charge in [-0.15, -0.1) is 0 Å². The first-order chi connectivity index (χ1) is 11.9. The third-order valence-electron chi connectivity index (χ3n) is 4.75. The van der Waals surface area contributed by atoms with Gasteiger partial charge in [-0.2, -0.15) is 4.99 Å². The molecule has 7 nitrogen and oxygen atoms in total. The summed E-state index contributed by atoms with van der Waals surface area (Å²) in [5.41, 5.74) is 13.3. The second-order valence-corrected chi connectivity index (χ2v) is 7.01. The molecule has 3 rings (SSSR count). The monoisotopic (exact) mass is 342 g/mol. The first-order valence-electron chi connectivity index (χ1n) is 8.82. The Morgan fingerprint density at radius 3 is 2.64 bits per heavy atom. The zero-order valence-corrected chi connectivity index (χ0v) is 14.8. The van der Waals surface area contributed by atoms with Crippen LogP contribution in [0.3, 0.4) is 0 Å². The first-order valence-corrected chi connectivity index (χ1v) is 8.82. The van der Waals surface area contributed by atoms with E-state index in [0.29, 0.717) is 5.96 Å². The minimum atomic E-state index is -0.477. The zero-order valence-electron chi connectivity index (χ0n) is 14.8. The van der Waals surface area contributed by atoms with Gasteiger partial charge in [0.15, 0.2) is 0 Å². The Balaban J connectivity index is 1.96. The molecule has 0 unspecified atom stereocenters. The van der Waals surface area contributed by atoms with E-state index >= 15 is 0 Å². The number of hydrogen-bond donors (Lipinski definition) is 3. The molecule has 1 aliphatic heterocycles. The maximum absolute atomic E-state index is 12.0. The van der Waals surface area contributed by atoms with Crippen LogP contribution in [0.25, 0.3) is 0 Å². The van der Waals surface area contributed by atoms with E-state index in [9.17, 15) is 4.79 Å². The number of benzene rings is 1. The standard InChI is InChI=1S/C18H26N6O/c1-12(2)15(25)21-13-7-6-8-14(11-13)24-17(20)22-16(19)23-18(24)9-4-3-5-10-18/h6-8,11-12H,3-5,9-10H2,1-2H3,(H,21,25)(H4,19,20,22,23). The molecule has 134 valence electrons. The fraction of sp³-hybridized carbons (Fsp3) is 0.500. The van der Waals surface area contributed by atoms with Crippen LogP contribution in [0.5, 0.6) is 0 Å². The fourth-order valence-corrected chi connectivity index (χ4v) is 3.50. The van der Waals surface area contributed by atoms with E-state index in [1.165, 1.54) is 6.42 Å². The van der Waals surface area contributed by atoms with Gasteiger partial charge in [0.1, 0.15) is 5.66 Å². The quantitative estimate of drug-likeness (QED) is 0.783. The van der Waals surface area contributed by atoms with Gasteiger partial charge in [0.25, 0.3) is 0 Å². The van der Waals surface area contributed by atoms with E-state index < -0.39 is 5.66 Å². The van der Waals surface area contributed by atoms with Crippen LogP contribution >= 0.6 is 0 Å². The largest absolute Gasteiger partial charge is 0.369 e. The number of nitrogens with two attached hydrogens (primary N) is 2. The average Bonchev–Trinajstić information content (AvgIpc) is 2.55. The van der Waals surface area contributed by atoms with E-state index in [2.05, 4.69) is 15.3 Å². The lowest BCUT2D eigenvalue weighted by Crippen LogP contribution is -2.58. The first kappa shape index (κ1) is 17.3. The highest BCUT2D eigenvalue weighted by Gasteiger charge is 2.42. The predicted molar refractivity (Wildman–Crippen MR) is 101 cm³/mol. The Kier molecular flexibility index (Phi) is 4.65. The van der Waals surface area contributed by atoms with Crippen LogP contribution in [0.4, 0.5) is 11.4 Å². The molecule has 1 spiro atoms. The minimum Gasteiger partial charge on any atom is -0.369 e. The molecule has 7 heteroatoms. The molecule has 0 saturated heterocycles. The lowest BCUT2D eigenvalue weighted by Gasteiger charge is -2.45. The fourth-order valence-electron chi connectivity index (χ4n) is 3.50. The van der Waals surface area contributed by atoms with Crippen molar-refractivity contribution in [2.75, 3.05) is 10.2 Å². The zero-order chi connectivity index (χ0) is 18.0. The van der Waals surface area contributed by atoms with E-state index in [4.69, 9.17) is 11.5 Å². The van der Waals surface area contributed by atoms with Crippen LogP contribution in [-0.4, -0.2) is 23.5 Å². The molecule has 1 aliphatic carbocycles. The minimum absolute atomic E-state index is 0.0212. The number of guanidine groups is 2. The van der Waals surface area contributed by atoms with Crippen LogP contribution in [0, 0.1) is 5.92 Å². The van der Waals surface area contributed by atoms with Gasteiger partial charge < -0.3 is 16.8 Å². The molecule has 2 aliphatic rings. The summed E-state index contributed by atoms with van der Waals surface area (Å²) >= 11 is 0. The third-order valence-corrected chi connectivity index (χ3v) is 4.75. The van der Waals surface area contributed by atoms with Gasteiger partial charge in [-0.3, -0.25) is 9.69 Å². The van der Waals surface area contributed by atoms with Gasteiger partial charge in [0.2, 0.25) is 17.8 Å². The normalized spacial score (nSPS) is 19.6. The molecule has 1 heterocycles. The molecule has 1 saturated carbocycles. The number of nitrogens with zero attached hydrogens (tertiary/aromatic N) is 3. The summed E-state index contributed by atoms with van der Waals surface area (Å²) in [7, 11) is 0. The molecule has 1 amide bonds. The van der Waals surface area contributed by atoms with E-state index in [-0.39, 0.29) is 17.8 Å². The number of carbonyl (C=O) groups is 1. The number of hydrogen-bond acceptors (Lipinski definition) is 6. The molecule has 0 aromatic heterocycles. The smallest absolute Gasteiger partial charge is 0.226 e. The van der Waals surface area contributed by atoms with Crippen LogP contribution in [-0.2, 0) is 4.79 Å². The number of nitrogens with one attached hydrogen (secondary N) is 1. The molecule has 0 radical (unpaired) electrons. The second-order valence-electron chi connectivity index (χ2n) is 7.01. The lowest BCUT2D eigenvalue weighted by molar-refractivity contribution is -0.118. The van der Waals surface area contributed by atoms with Gasteiger partial charge >= 0.3 is 0 Å². The van der Waals surface area contributed by atoms with Crippen molar-refractivity contribution in [1.82, 2.24) is 0 Å². The second kappa shape index (κ2) is 6.74. The maximum atomic E-state index is 12.0. The summed E-state index contributed by atoms with van der Waals surface area (Å²) in [6, 6.07) is 7.64. The van der Waals surface area contributed by atoms with Crippen molar-refractivity contribution in [1.29, 1.82) is 0 Å². The number of carbonyl (C=O) groups excluding carboxylic acids is 1. The Bertz CT molecular complexity index is 718. The summed E-state index contributed by atoms with van der Waals surface area (Å²) < 4.78 is 0. The average molecular weight is 342 g/mol. The number of aliphatic imine (C=N–C) groups is 2. The van der Waals surface area contributed by atoms with Crippen molar-refractivity contribution in [2.45, 2.75) is 51.6 Å². The number of anilines is 2. The highest BCUT2D eigenvalue weighted by molar-refractivity contribution is 6.06. The molecule has 1 aromatic rings. The Morgan fingerprint density at radius 2 is 1.96 bits per heavy atom. The molecular formula is C18H26N6O. The molecule has 5 N–H and O–H groups in total. The summed E-state index contributed by atoms with van der Waals surface area (Å²) in [5.74, 6) is 0.480. The van der Waals surface area contributed by atoms with Crippen LogP contribution in [0.2, 0.25) is 0 Å². The number of rotatable bonds is 3. The van der Waals surface area contributed by atoms with Crippen molar-refractivity contribution in [2.24, 2.45) is 27.4 Å². The Morgan fingerprint density at radius 1 is 1.24 bits per heavy atom. The van der Waals surface area contributed by atoms with Gasteiger partial charge in [-0.05, 0) is 43.9 Å². The molecule has 0 bridgehead atoms. The van der Waals surface area contributed by atoms with Crippen molar-refractivity contribution >= 4 is 29.2 Å². The van der Waals surface area contributed by atoms with E-state index in [1.54, 1.807) is 0 Å². The van der Waals surface area contributed by atoms with Crippen molar-refractivity contribution in [3.8, 4) is 0 Å². The van der Waals surface area contributed by atoms with Crippen molar-refractivity contribution < 1.29 is 4.79 Å². The molecular weight excluding hydrogens is 316 g/mol. The van der Waals surface area contributed by atoms with Crippen LogP contribution in [0.1, 0.15) is 46.0 Å². The van der Waals surface area contributed by atoms with Crippen molar-refractivity contribution in [3.05, 3.63) is 24.3 Å². The van der Waals surface area contributed by atoms with E-state index in [0.717, 1.165) is 37.1 Å². The van der Waals surface area contributed by atoms with Gasteiger partial charge in [-0.1, -0.05) is 26.3 Å². The third kappa shape index (κ3) is 3.45. The maximum Gasteiger partial charge on any atom is 0.226 e. The molecule has 0 atom stereocenters. The Hall–Kier alpha value is -2.57. The highest BCUT2D eigenvalue weighted by atomic mass is 16.1. The highest BCUT2D eigenvalue weighted by Crippen LogP contribution is 2.39. The SMILES string of the molecule is CC(C)C(=O)Nc1cccc(N2C(N)=NC(N)=NC23CCCCC3)c1. The Labute approximate surface area is 148 Å². The predicted octanol–water partition coefficient (Wildman–Crippen LogP) is 2.39. The molecule has 25 heavy (non-hydrogen) atoms. The molecule has 1 aromatic carbocycles. The van der Waals surface area contributed by atoms with Crippen LogP contribution < -0.4 is 21.7 Å². The summed E-state index contributed by atoms with van der Waals surface area (Å²) in [4.78, 5) is 22.8. The lowest BCUT2D eigenvalue weighted by atomic mass is 9.87. The summed E-state index contributed by atoms with van der Waals surface area (Å²) in [6.45, 7) is 3.73. The summed E-state index contributed by atoms with van der Waals surface area (Å²) in [5, 5.41) is 2.93. The molecule has 1 fully saturated rings. The van der Waals surface area contributed by atoms with Gasteiger partial charge in [0, 0.05) is 17.3 Å².